The molecule has 4 nitrogen and oxygen atoms in total. The average Bonchev–Trinajstić information content (AvgIpc) is 2.76. The third-order valence-electron chi connectivity index (χ3n) is 5.31. The van der Waals surface area contributed by atoms with Crippen LogP contribution in [0.25, 0.3) is 0 Å². The second kappa shape index (κ2) is 6.73. The second-order valence-corrected chi connectivity index (χ2v) is 6.90. The summed E-state index contributed by atoms with van der Waals surface area (Å²) in [5, 5.41) is 3.05. The first kappa shape index (κ1) is 16.0. The van der Waals surface area contributed by atoms with Crippen molar-refractivity contribution >= 4 is 11.7 Å². The van der Waals surface area contributed by atoms with Crippen LogP contribution in [-0.4, -0.2) is 25.3 Å². The highest BCUT2D eigenvalue weighted by Gasteiger charge is 2.43. The lowest BCUT2D eigenvalue weighted by molar-refractivity contribution is -0.132. The molecule has 2 aliphatic carbocycles. The number of hydrogen-bond acceptors (Lipinski definition) is 3. The van der Waals surface area contributed by atoms with E-state index in [2.05, 4.69) is 18.3 Å². The maximum Gasteiger partial charge on any atom is 0.223 e. The standard InChI is InChI=1S/C19H25NO3/c1-12-3-6-17(23-2)13(9-12)7-8-20-19(22)16-10-14-4-5-15(11-16)18(14)21/h3,6,9,14-16H,4-5,7-8,10-11H2,1-2H3,(H,20,22). The zero-order valence-corrected chi connectivity index (χ0v) is 13.9. The van der Waals surface area contributed by atoms with E-state index in [1.807, 2.05) is 12.1 Å². The molecule has 0 saturated heterocycles. The number of amides is 1. The number of aryl methyl sites for hydroxylation is 1. The lowest BCUT2D eigenvalue weighted by atomic mass is 9.79. The smallest absolute Gasteiger partial charge is 0.223 e. The Morgan fingerprint density at radius 2 is 1.96 bits per heavy atom. The molecule has 2 aliphatic rings. The van der Waals surface area contributed by atoms with Gasteiger partial charge in [-0.2, -0.15) is 0 Å². The van der Waals surface area contributed by atoms with E-state index in [0.717, 1.165) is 43.4 Å². The number of methoxy groups -OCH3 is 1. The summed E-state index contributed by atoms with van der Waals surface area (Å²) in [5.41, 5.74) is 2.31. The number of nitrogens with one attached hydrogen (secondary N) is 1. The van der Waals surface area contributed by atoms with Gasteiger partial charge in [0.05, 0.1) is 7.11 Å². The Morgan fingerprint density at radius 3 is 2.61 bits per heavy atom. The van der Waals surface area contributed by atoms with Crippen LogP contribution >= 0.6 is 0 Å². The fourth-order valence-corrected chi connectivity index (χ4v) is 4.05. The van der Waals surface area contributed by atoms with E-state index in [-0.39, 0.29) is 23.7 Å². The van der Waals surface area contributed by atoms with Crippen molar-refractivity contribution in [1.29, 1.82) is 0 Å². The van der Waals surface area contributed by atoms with E-state index in [1.54, 1.807) is 7.11 Å². The Hall–Kier alpha value is -1.84. The van der Waals surface area contributed by atoms with Crippen molar-refractivity contribution in [2.45, 2.75) is 39.0 Å². The van der Waals surface area contributed by atoms with Crippen molar-refractivity contribution in [3.63, 3.8) is 0 Å². The molecule has 0 heterocycles. The van der Waals surface area contributed by atoms with Crippen LogP contribution in [0.2, 0.25) is 0 Å². The summed E-state index contributed by atoms with van der Waals surface area (Å²) in [6.45, 7) is 2.66. The Morgan fingerprint density at radius 1 is 1.26 bits per heavy atom. The number of ether oxygens (including phenoxy) is 1. The van der Waals surface area contributed by atoms with Crippen LogP contribution in [0.1, 0.15) is 36.8 Å². The summed E-state index contributed by atoms with van der Waals surface area (Å²) in [6, 6.07) is 6.09. The van der Waals surface area contributed by atoms with Crippen LogP contribution in [0, 0.1) is 24.7 Å². The van der Waals surface area contributed by atoms with Gasteiger partial charge in [0, 0.05) is 24.3 Å². The monoisotopic (exact) mass is 315 g/mol. The van der Waals surface area contributed by atoms with Gasteiger partial charge in [0.15, 0.2) is 0 Å². The van der Waals surface area contributed by atoms with E-state index in [1.165, 1.54) is 5.56 Å². The van der Waals surface area contributed by atoms with Crippen molar-refractivity contribution in [2.24, 2.45) is 17.8 Å². The first-order valence-corrected chi connectivity index (χ1v) is 8.53. The van der Waals surface area contributed by atoms with E-state index in [9.17, 15) is 9.59 Å². The summed E-state index contributed by atoms with van der Waals surface area (Å²) in [6.07, 6.45) is 4.21. The van der Waals surface area contributed by atoms with E-state index in [0.29, 0.717) is 12.3 Å². The molecular formula is C19H25NO3. The first-order valence-electron chi connectivity index (χ1n) is 8.53. The predicted molar refractivity (Wildman–Crippen MR) is 88.4 cm³/mol. The Labute approximate surface area is 137 Å². The summed E-state index contributed by atoms with van der Waals surface area (Å²) < 4.78 is 5.37. The van der Waals surface area contributed by atoms with E-state index >= 15 is 0 Å². The van der Waals surface area contributed by atoms with Gasteiger partial charge in [-0.15, -0.1) is 0 Å². The molecule has 2 saturated carbocycles. The minimum atomic E-state index is 0.0182. The van der Waals surface area contributed by atoms with Gasteiger partial charge in [0.2, 0.25) is 5.91 Å². The molecule has 2 atom stereocenters. The topological polar surface area (TPSA) is 55.4 Å². The van der Waals surface area contributed by atoms with Crippen LogP contribution < -0.4 is 10.1 Å². The highest BCUT2D eigenvalue weighted by Crippen LogP contribution is 2.42. The van der Waals surface area contributed by atoms with Crippen LogP contribution in [0.3, 0.4) is 0 Å². The fourth-order valence-electron chi connectivity index (χ4n) is 4.05. The number of carbonyl (C=O) groups is 2. The van der Waals surface area contributed by atoms with Crippen molar-refractivity contribution in [1.82, 2.24) is 5.32 Å². The zero-order chi connectivity index (χ0) is 16.4. The van der Waals surface area contributed by atoms with Gasteiger partial charge in [-0.25, -0.2) is 0 Å². The number of rotatable bonds is 5. The van der Waals surface area contributed by atoms with Crippen LogP contribution in [-0.2, 0) is 16.0 Å². The molecule has 1 aromatic rings. The molecule has 1 N–H and O–H groups in total. The molecule has 2 bridgehead atoms. The van der Waals surface area contributed by atoms with Gasteiger partial charge in [-0.05, 0) is 50.7 Å². The molecule has 0 aromatic heterocycles. The summed E-state index contributed by atoms with van der Waals surface area (Å²) in [4.78, 5) is 24.3. The van der Waals surface area contributed by atoms with E-state index < -0.39 is 0 Å². The number of Topliss-reactive ketones (excluding diaryl/α,β-unsaturated/α-hetero) is 1. The van der Waals surface area contributed by atoms with Gasteiger partial charge in [-0.3, -0.25) is 9.59 Å². The van der Waals surface area contributed by atoms with Crippen LogP contribution in [0.15, 0.2) is 18.2 Å². The summed E-state index contributed by atoms with van der Waals surface area (Å²) in [7, 11) is 1.67. The number of hydrogen-bond donors (Lipinski definition) is 1. The van der Waals surface area contributed by atoms with Crippen molar-refractivity contribution < 1.29 is 14.3 Å². The molecule has 1 amide bonds. The molecular weight excluding hydrogens is 290 g/mol. The normalized spacial score (nSPS) is 26.2. The van der Waals surface area contributed by atoms with Gasteiger partial charge in [0.1, 0.15) is 11.5 Å². The highest BCUT2D eigenvalue weighted by atomic mass is 16.5. The minimum Gasteiger partial charge on any atom is -0.496 e. The fraction of sp³-hybridized carbons (Fsp3) is 0.579. The number of ketones is 1. The van der Waals surface area contributed by atoms with Gasteiger partial charge in [0.25, 0.3) is 0 Å². The Bertz CT molecular complexity index is 595. The summed E-state index contributed by atoms with van der Waals surface area (Å²) >= 11 is 0. The van der Waals surface area contributed by atoms with Gasteiger partial charge in [-0.1, -0.05) is 17.7 Å². The molecule has 23 heavy (non-hydrogen) atoms. The Balaban J connectivity index is 1.52. The largest absolute Gasteiger partial charge is 0.496 e. The van der Waals surface area contributed by atoms with Crippen LogP contribution in [0.4, 0.5) is 0 Å². The third-order valence-corrected chi connectivity index (χ3v) is 5.31. The number of carbonyl (C=O) groups excluding carboxylic acids is 2. The predicted octanol–water partition coefficient (Wildman–Crippen LogP) is 2.67. The molecule has 3 rings (SSSR count). The molecule has 4 heteroatoms. The highest BCUT2D eigenvalue weighted by molar-refractivity contribution is 5.89. The maximum atomic E-state index is 12.4. The molecule has 1 aromatic carbocycles. The van der Waals surface area contributed by atoms with Crippen molar-refractivity contribution in [2.75, 3.05) is 13.7 Å². The maximum absolute atomic E-state index is 12.4. The second-order valence-electron chi connectivity index (χ2n) is 6.90. The van der Waals surface area contributed by atoms with E-state index in [4.69, 9.17) is 4.74 Å². The zero-order valence-electron chi connectivity index (χ0n) is 13.9. The molecule has 2 fully saturated rings. The molecule has 0 aliphatic heterocycles. The third kappa shape index (κ3) is 3.41. The lowest BCUT2D eigenvalue weighted by Crippen LogP contribution is -2.38. The number of benzene rings is 1. The summed E-state index contributed by atoms with van der Waals surface area (Å²) in [5.74, 6) is 1.68. The minimum absolute atomic E-state index is 0.0182. The van der Waals surface area contributed by atoms with Gasteiger partial charge < -0.3 is 10.1 Å². The van der Waals surface area contributed by atoms with Crippen molar-refractivity contribution in [3.05, 3.63) is 29.3 Å². The molecule has 124 valence electrons. The lowest BCUT2D eigenvalue weighted by Gasteiger charge is -2.25. The quantitative estimate of drug-likeness (QED) is 0.909. The molecule has 2 unspecified atom stereocenters. The molecule has 0 spiro atoms. The number of fused-ring (bicyclic) bond motifs is 2. The van der Waals surface area contributed by atoms with Crippen LogP contribution in [0.5, 0.6) is 5.75 Å². The van der Waals surface area contributed by atoms with Crippen molar-refractivity contribution in [3.8, 4) is 5.75 Å². The average molecular weight is 315 g/mol. The molecule has 0 radical (unpaired) electrons. The Kier molecular flexibility index (Phi) is 4.69. The first-order chi connectivity index (χ1) is 11.1. The SMILES string of the molecule is COc1ccc(C)cc1CCNC(=O)C1CC2CCC(C1)C2=O. The van der Waals surface area contributed by atoms with Gasteiger partial charge >= 0.3 is 0 Å².